The Bertz CT molecular complexity index is 124. The van der Waals surface area contributed by atoms with Crippen LogP contribution in [-0.4, -0.2) is 30.3 Å². The third kappa shape index (κ3) is 1.37. The van der Waals surface area contributed by atoms with Crippen molar-refractivity contribution in [3.63, 3.8) is 0 Å². The Balaban J connectivity index is 2.40. The van der Waals surface area contributed by atoms with E-state index >= 15 is 0 Å². The van der Waals surface area contributed by atoms with E-state index in [-0.39, 0.29) is 0 Å². The summed E-state index contributed by atoms with van der Waals surface area (Å²) in [6.07, 6.45) is 4.17. The van der Waals surface area contributed by atoms with Crippen molar-refractivity contribution in [1.82, 2.24) is 4.90 Å². The van der Waals surface area contributed by atoms with E-state index in [4.69, 9.17) is 0 Å². The largest absolute Gasteiger partial charge is 0.303 e. The van der Waals surface area contributed by atoms with E-state index in [1.165, 1.54) is 12.8 Å². The summed E-state index contributed by atoms with van der Waals surface area (Å²) in [6.45, 7) is 2.21. The lowest BCUT2D eigenvalue weighted by Gasteiger charge is -2.20. The highest BCUT2D eigenvalue weighted by Crippen LogP contribution is 2.22. The van der Waals surface area contributed by atoms with Crippen molar-refractivity contribution in [1.29, 1.82) is 0 Å². The van der Waals surface area contributed by atoms with Gasteiger partial charge in [0.25, 0.3) is 0 Å². The molecule has 0 aliphatic carbocycles. The van der Waals surface area contributed by atoms with Gasteiger partial charge in [0.2, 0.25) is 0 Å². The van der Waals surface area contributed by atoms with Gasteiger partial charge in [-0.2, -0.15) is 0 Å². The molecule has 1 aliphatic heterocycles. The number of nitrogens with zero attached hydrogens (tertiary/aromatic N) is 1. The summed E-state index contributed by atoms with van der Waals surface area (Å²) in [5.74, 6) is 0. The van der Waals surface area contributed by atoms with Gasteiger partial charge in [0.1, 0.15) is 6.29 Å². The molecule has 0 aromatic heterocycles. The molecule has 0 amide bonds. The Hall–Kier alpha value is -0.370. The van der Waals surface area contributed by atoms with Crippen LogP contribution in [0.4, 0.5) is 0 Å². The number of likely N-dealkylation sites (tertiary alicyclic amines) is 1. The third-order valence-electron chi connectivity index (χ3n) is 2.56. The second-order valence-electron chi connectivity index (χ2n) is 3.15. The van der Waals surface area contributed by atoms with Crippen molar-refractivity contribution in [3.05, 3.63) is 0 Å². The smallest absolute Gasteiger partial charge is 0.121 e. The summed E-state index contributed by atoms with van der Waals surface area (Å²) >= 11 is 0. The summed E-state index contributed by atoms with van der Waals surface area (Å²) in [4.78, 5) is 12.5. The van der Waals surface area contributed by atoms with E-state index in [2.05, 4.69) is 18.9 Å². The zero-order chi connectivity index (χ0) is 7.56. The molecule has 2 atom stereocenters. The Morgan fingerprint density at radius 1 is 1.60 bits per heavy atom. The molecule has 0 bridgehead atoms. The molecule has 0 spiro atoms. The van der Waals surface area contributed by atoms with Gasteiger partial charge in [0, 0.05) is 18.5 Å². The van der Waals surface area contributed by atoms with Crippen LogP contribution in [0.5, 0.6) is 0 Å². The van der Waals surface area contributed by atoms with Crippen molar-refractivity contribution in [3.8, 4) is 0 Å². The van der Waals surface area contributed by atoms with Gasteiger partial charge >= 0.3 is 0 Å². The molecule has 58 valence electrons. The Morgan fingerprint density at radius 2 is 2.30 bits per heavy atom. The fourth-order valence-electron chi connectivity index (χ4n) is 1.60. The number of carbonyl (C=O) groups excluding carboxylic acids is 1. The number of rotatable bonds is 2. The van der Waals surface area contributed by atoms with E-state index in [1.807, 2.05) is 0 Å². The SMILES string of the molecule is C[C@H]1CC[C@@H](CC=O)N1C. The maximum Gasteiger partial charge on any atom is 0.121 e. The molecule has 1 saturated heterocycles. The first kappa shape index (κ1) is 7.73. The molecule has 0 aromatic carbocycles. The average molecular weight is 141 g/mol. The summed E-state index contributed by atoms with van der Waals surface area (Å²) in [6, 6.07) is 1.19. The normalized spacial score (nSPS) is 34.6. The van der Waals surface area contributed by atoms with Crippen LogP contribution in [-0.2, 0) is 4.79 Å². The highest BCUT2D eigenvalue weighted by atomic mass is 16.1. The minimum atomic E-state index is 0.521. The van der Waals surface area contributed by atoms with Gasteiger partial charge in [0.15, 0.2) is 0 Å². The quantitative estimate of drug-likeness (QED) is 0.536. The molecule has 0 radical (unpaired) electrons. The first-order valence-corrected chi connectivity index (χ1v) is 3.91. The monoisotopic (exact) mass is 141 g/mol. The van der Waals surface area contributed by atoms with E-state index in [1.54, 1.807) is 0 Å². The van der Waals surface area contributed by atoms with Crippen molar-refractivity contribution in [2.75, 3.05) is 7.05 Å². The van der Waals surface area contributed by atoms with Crippen LogP contribution in [0, 0.1) is 0 Å². The summed E-state index contributed by atoms with van der Waals surface area (Å²) < 4.78 is 0. The molecule has 0 aromatic rings. The minimum Gasteiger partial charge on any atom is -0.303 e. The van der Waals surface area contributed by atoms with Crippen LogP contribution in [0.2, 0.25) is 0 Å². The van der Waals surface area contributed by atoms with Crippen molar-refractivity contribution < 1.29 is 4.79 Å². The molecule has 2 heteroatoms. The van der Waals surface area contributed by atoms with Crippen LogP contribution in [0.1, 0.15) is 26.2 Å². The number of carbonyl (C=O) groups is 1. The molecule has 10 heavy (non-hydrogen) atoms. The maximum absolute atomic E-state index is 10.2. The predicted molar refractivity (Wildman–Crippen MR) is 40.9 cm³/mol. The van der Waals surface area contributed by atoms with Gasteiger partial charge in [-0.1, -0.05) is 0 Å². The maximum atomic E-state index is 10.2. The first-order valence-electron chi connectivity index (χ1n) is 3.91. The van der Waals surface area contributed by atoms with Gasteiger partial charge < -0.3 is 9.69 Å². The predicted octanol–water partition coefficient (Wildman–Crippen LogP) is 1.06. The average Bonchev–Trinajstić information content (AvgIpc) is 2.20. The topological polar surface area (TPSA) is 20.3 Å². The lowest BCUT2D eigenvalue weighted by molar-refractivity contribution is -0.108. The number of aldehydes is 1. The van der Waals surface area contributed by atoms with Gasteiger partial charge in [-0.3, -0.25) is 0 Å². The fourth-order valence-corrected chi connectivity index (χ4v) is 1.60. The van der Waals surface area contributed by atoms with Crippen molar-refractivity contribution in [2.45, 2.75) is 38.3 Å². The molecular weight excluding hydrogens is 126 g/mol. The number of hydrogen-bond donors (Lipinski definition) is 0. The van der Waals surface area contributed by atoms with E-state index < -0.39 is 0 Å². The van der Waals surface area contributed by atoms with Crippen LogP contribution >= 0.6 is 0 Å². The van der Waals surface area contributed by atoms with Crippen LogP contribution < -0.4 is 0 Å². The molecule has 1 aliphatic rings. The van der Waals surface area contributed by atoms with Gasteiger partial charge in [-0.25, -0.2) is 0 Å². The molecule has 1 heterocycles. The van der Waals surface area contributed by atoms with Gasteiger partial charge in [-0.05, 0) is 26.8 Å². The van der Waals surface area contributed by atoms with Crippen LogP contribution in [0.15, 0.2) is 0 Å². The summed E-state index contributed by atoms with van der Waals surface area (Å²) in [5.41, 5.74) is 0. The molecule has 1 fully saturated rings. The molecular formula is C8H15NO. The second-order valence-corrected chi connectivity index (χ2v) is 3.15. The Kier molecular flexibility index (Phi) is 2.44. The van der Waals surface area contributed by atoms with Crippen molar-refractivity contribution in [2.24, 2.45) is 0 Å². The second kappa shape index (κ2) is 3.15. The number of hydrogen-bond acceptors (Lipinski definition) is 2. The van der Waals surface area contributed by atoms with E-state index in [0.29, 0.717) is 18.5 Å². The fraction of sp³-hybridized carbons (Fsp3) is 0.875. The van der Waals surface area contributed by atoms with Crippen LogP contribution in [0.25, 0.3) is 0 Å². The molecule has 0 unspecified atom stereocenters. The van der Waals surface area contributed by atoms with E-state index in [9.17, 15) is 4.79 Å². The van der Waals surface area contributed by atoms with E-state index in [0.717, 1.165) is 6.29 Å². The highest BCUT2D eigenvalue weighted by Gasteiger charge is 2.26. The van der Waals surface area contributed by atoms with Gasteiger partial charge in [0.05, 0.1) is 0 Å². The van der Waals surface area contributed by atoms with Gasteiger partial charge in [-0.15, -0.1) is 0 Å². The zero-order valence-corrected chi connectivity index (χ0v) is 6.71. The standard InChI is InChI=1S/C8H15NO/c1-7-3-4-8(5-6-10)9(7)2/h6-8H,3-5H2,1-2H3/t7-,8-/m0/s1. The molecule has 0 N–H and O–H groups in total. The third-order valence-corrected chi connectivity index (χ3v) is 2.56. The minimum absolute atomic E-state index is 0.521. The Labute approximate surface area is 62.2 Å². The molecule has 0 saturated carbocycles. The van der Waals surface area contributed by atoms with Crippen molar-refractivity contribution >= 4 is 6.29 Å². The molecule has 1 rings (SSSR count). The van der Waals surface area contributed by atoms with Crippen LogP contribution in [0.3, 0.4) is 0 Å². The summed E-state index contributed by atoms with van der Waals surface area (Å²) in [5, 5.41) is 0. The summed E-state index contributed by atoms with van der Waals surface area (Å²) in [7, 11) is 2.10. The lowest BCUT2D eigenvalue weighted by Crippen LogP contribution is -2.30. The lowest BCUT2D eigenvalue weighted by atomic mass is 10.1. The zero-order valence-electron chi connectivity index (χ0n) is 6.71. The molecule has 2 nitrogen and oxygen atoms in total. The first-order chi connectivity index (χ1) is 4.75. The highest BCUT2D eigenvalue weighted by molar-refractivity contribution is 5.50. The Morgan fingerprint density at radius 3 is 2.70 bits per heavy atom.